The second-order valence-electron chi connectivity index (χ2n) is 1.48. The molecule has 0 aliphatic heterocycles. The van der Waals surface area contributed by atoms with E-state index in [0.717, 1.165) is 0 Å². The summed E-state index contributed by atoms with van der Waals surface area (Å²) in [5.41, 5.74) is 0. The van der Waals surface area contributed by atoms with Crippen molar-refractivity contribution >= 4 is 5.97 Å². The number of carboxylic acids is 1. The van der Waals surface area contributed by atoms with E-state index in [9.17, 15) is 4.79 Å². The van der Waals surface area contributed by atoms with Crippen LogP contribution in [0.25, 0.3) is 0 Å². The van der Waals surface area contributed by atoms with Crippen LogP contribution in [-0.2, 0) is 4.79 Å². The smallest absolute Gasteiger partial charge is 0.363 e. The molecule has 0 aromatic heterocycles. The lowest BCUT2D eigenvalue weighted by atomic mass is 10.2. The molecule has 0 atom stereocenters. The molecule has 0 saturated carbocycles. The Balaban J connectivity index is 3.91. The van der Waals surface area contributed by atoms with Gasteiger partial charge in [0, 0.05) is 6.42 Å². The molecule has 0 aliphatic carbocycles. The third-order valence-electron chi connectivity index (χ3n) is 0.836. The number of aliphatic hydroxyl groups is 2. The summed E-state index contributed by atoms with van der Waals surface area (Å²) in [5.74, 6) is -4.15. The lowest BCUT2D eigenvalue weighted by Gasteiger charge is -2.11. The zero-order valence-electron chi connectivity index (χ0n) is 4.46. The van der Waals surface area contributed by atoms with E-state index in [1.807, 2.05) is 0 Å². The highest BCUT2D eigenvalue weighted by Crippen LogP contribution is 2.02. The molecule has 0 unspecified atom stereocenters. The summed E-state index contributed by atoms with van der Waals surface area (Å²) in [5, 5.41) is 24.7. The van der Waals surface area contributed by atoms with Gasteiger partial charge in [-0.3, -0.25) is 0 Å². The molecule has 0 radical (unpaired) electrons. The number of hydrogen-bond acceptors (Lipinski definition) is 3. The van der Waals surface area contributed by atoms with Crippen molar-refractivity contribution in [1.82, 2.24) is 0 Å². The fourth-order valence-electron chi connectivity index (χ4n) is 0.151. The molecule has 0 saturated heterocycles. The van der Waals surface area contributed by atoms with Gasteiger partial charge >= 0.3 is 5.97 Å². The summed E-state index contributed by atoms with van der Waals surface area (Å²) in [4.78, 5) is 9.75. The number of hydrogen-bond donors (Lipinski definition) is 3. The van der Waals surface area contributed by atoms with Gasteiger partial charge in [0.1, 0.15) is 0 Å². The van der Waals surface area contributed by atoms with Crippen molar-refractivity contribution in [1.29, 1.82) is 0 Å². The molecule has 0 fully saturated rings. The molecular weight excluding hydrogens is 112 g/mol. The first-order chi connectivity index (χ1) is 3.50. The van der Waals surface area contributed by atoms with Crippen LogP contribution in [-0.4, -0.2) is 27.1 Å². The van der Waals surface area contributed by atoms with Crippen LogP contribution >= 0.6 is 0 Å². The van der Waals surface area contributed by atoms with Crippen LogP contribution in [0, 0.1) is 0 Å². The maximum atomic E-state index is 9.75. The molecule has 0 aliphatic rings. The van der Waals surface area contributed by atoms with Gasteiger partial charge in [-0.2, -0.15) is 0 Å². The Labute approximate surface area is 46.4 Å². The van der Waals surface area contributed by atoms with Gasteiger partial charge in [-0.1, -0.05) is 6.92 Å². The number of aliphatic carboxylic acids is 1. The van der Waals surface area contributed by atoms with Crippen molar-refractivity contribution in [3.8, 4) is 0 Å². The maximum Gasteiger partial charge on any atom is 0.363 e. The van der Waals surface area contributed by atoms with Gasteiger partial charge in [-0.05, 0) is 0 Å². The van der Waals surface area contributed by atoms with Crippen LogP contribution in [0.1, 0.15) is 13.3 Å². The van der Waals surface area contributed by atoms with E-state index in [4.69, 9.17) is 15.3 Å². The highest BCUT2D eigenvalue weighted by atomic mass is 16.5. The second-order valence-corrected chi connectivity index (χ2v) is 1.48. The highest BCUT2D eigenvalue weighted by Gasteiger charge is 2.29. The Morgan fingerprint density at radius 1 is 1.62 bits per heavy atom. The van der Waals surface area contributed by atoms with Gasteiger partial charge < -0.3 is 15.3 Å². The molecule has 0 rings (SSSR count). The number of rotatable bonds is 2. The van der Waals surface area contributed by atoms with Gasteiger partial charge in [-0.25, -0.2) is 4.79 Å². The van der Waals surface area contributed by atoms with Gasteiger partial charge in [0.25, 0.3) is 5.79 Å². The molecule has 4 heteroatoms. The third-order valence-corrected chi connectivity index (χ3v) is 0.836. The van der Waals surface area contributed by atoms with Crippen molar-refractivity contribution in [2.75, 3.05) is 0 Å². The summed E-state index contributed by atoms with van der Waals surface area (Å²) in [6.07, 6.45) is -0.206. The predicted molar refractivity (Wildman–Crippen MR) is 25.1 cm³/mol. The van der Waals surface area contributed by atoms with E-state index in [0.29, 0.717) is 0 Å². The van der Waals surface area contributed by atoms with E-state index < -0.39 is 11.8 Å². The van der Waals surface area contributed by atoms with Crippen molar-refractivity contribution in [2.24, 2.45) is 0 Å². The van der Waals surface area contributed by atoms with Crippen LogP contribution in [0.5, 0.6) is 0 Å². The summed E-state index contributed by atoms with van der Waals surface area (Å²) < 4.78 is 0. The van der Waals surface area contributed by atoms with E-state index in [-0.39, 0.29) is 6.42 Å². The van der Waals surface area contributed by atoms with Gasteiger partial charge in [-0.15, -0.1) is 0 Å². The van der Waals surface area contributed by atoms with Crippen LogP contribution < -0.4 is 0 Å². The molecule has 48 valence electrons. The largest absolute Gasteiger partial charge is 0.477 e. The number of carboxylic acid groups (broad SMARTS) is 1. The minimum absolute atomic E-state index is 0.206. The molecule has 8 heavy (non-hydrogen) atoms. The standard InChI is InChI=1S/C4H8O4/c1-2-4(7,8)3(5)6/h7-8H,2H2,1H3,(H,5,6). The Bertz CT molecular complexity index is 96.2. The Hall–Kier alpha value is -0.610. The highest BCUT2D eigenvalue weighted by molar-refractivity contribution is 5.74. The van der Waals surface area contributed by atoms with Gasteiger partial charge in [0.05, 0.1) is 0 Å². The van der Waals surface area contributed by atoms with Crippen LogP contribution in [0.15, 0.2) is 0 Å². The Morgan fingerprint density at radius 2 is 2.00 bits per heavy atom. The second kappa shape index (κ2) is 2.11. The lowest BCUT2D eigenvalue weighted by Crippen LogP contribution is -2.36. The predicted octanol–water partition coefficient (Wildman–Crippen LogP) is -0.838. The third kappa shape index (κ3) is 1.48. The molecule has 3 N–H and O–H groups in total. The zero-order valence-corrected chi connectivity index (χ0v) is 4.46. The average molecular weight is 120 g/mol. The fraction of sp³-hybridized carbons (Fsp3) is 0.750. The summed E-state index contributed by atoms with van der Waals surface area (Å²) in [6.45, 7) is 1.37. The van der Waals surface area contributed by atoms with Crippen molar-refractivity contribution in [2.45, 2.75) is 19.1 Å². The van der Waals surface area contributed by atoms with E-state index >= 15 is 0 Å². The molecular formula is C4H8O4. The van der Waals surface area contributed by atoms with E-state index in [2.05, 4.69) is 0 Å². The average Bonchev–Trinajstić information content (AvgIpc) is 1.67. The summed E-state index contributed by atoms with van der Waals surface area (Å²) >= 11 is 0. The van der Waals surface area contributed by atoms with Crippen molar-refractivity contribution in [3.63, 3.8) is 0 Å². The van der Waals surface area contributed by atoms with Crippen LogP contribution in [0.2, 0.25) is 0 Å². The molecule has 0 heterocycles. The lowest BCUT2D eigenvalue weighted by molar-refractivity contribution is -0.204. The van der Waals surface area contributed by atoms with Crippen LogP contribution in [0.4, 0.5) is 0 Å². The van der Waals surface area contributed by atoms with Gasteiger partial charge in [0.2, 0.25) is 0 Å². The molecule has 4 nitrogen and oxygen atoms in total. The minimum Gasteiger partial charge on any atom is -0.477 e. The topological polar surface area (TPSA) is 77.8 Å². The minimum atomic E-state index is -2.54. The number of carbonyl (C=O) groups is 1. The zero-order chi connectivity index (χ0) is 6.78. The maximum absolute atomic E-state index is 9.75. The molecule has 0 amide bonds. The molecule has 0 aromatic rings. The quantitative estimate of drug-likeness (QED) is 0.415. The first kappa shape index (κ1) is 7.39. The monoisotopic (exact) mass is 120 g/mol. The SMILES string of the molecule is CCC(O)(O)C(=O)O. The molecule has 0 spiro atoms. The Kier molecular flexibility index (Phi) is 1.94. The first-order valence-electron chi connectivity index (χ1n) is 2.19. The van der Waals surface area contributed by atoms with Crippen LogP contribution in [0.3, 0.4) is 0 Å². The molecule has 0 bridgehead atoms. The Morgan fingerprint density at radius 3 is 2.00 bits per heavy atom. The normalized spacial score (nSPS) is 11.4. The van der Waals surface area contributed by atoms with Crippen molar-refractivity contribution < 1.29 is 20.1 Å². The van der Waals surface area contributed by atoms with Gasteiger partial charge in [0.15, 0.2) is 0 Å². The summed E-state index contributed by atoms with van der Waals surface area (Å²) in [7, 11) is 0. The van der Waals surface area contributed by atoms with E-state index in [1.165, 1.54) is 6.92 Å². The first-order valence-corrected chi connectivity index (χ1v) is 2.19. The fourth-order valence-corrected chi connectivity index (χ4v) is 0.151. The van der Waals surface area contributed by atoms with Crippen molar-refractivity contribution in [3.05, 3.63) is 0 Å². The summed E-state index contributed by atoms with van der Waals surface area (Å²) in [6, 6.07) is 0. The van der Waals surface area contributed by atoms with E-state index in [1.54, 1.807) is 0 Å². The molecule has 0 aromatic carbocycles.